The van der Waals surface area contributed by atoms with Gasteiger partial charge in [0.1, 0.15) is 0 Å². The maximum absolute atomic E-state index is 11.8. The molecule has 5 heteroatoms. The van der Waals surface area contributed by atoms with Crippen molar-refractivity contribution in [3.8, 4) is 0 Å². The molecule has 1 aromatic heterocycles. The summed E-state index contributed by atoms with van der Waals surface area (Å²) in [5.41, 5.74) is 3.31. The summed E-state index contributed by atoms with van der Waals surface area (Å²) in [5, 5.41) is 5.48. The van der Waals surface area contributed by atoms with Crippen LogP contribution in [0.2, 0.25) is 0 Å². The number of hydrogen-bond acceptors (Lipinski definition) is 3. The number of nitrogens with one attached hydrogen (secondary N) is 2. The van der Waals surface area contributed by atoms with Gasteiger partial charge in [-0.05, 0) is 55.3 Å². The van der Waals surface area contributed by atoms with Crippen LogP contribution in [0.15, 0.2) is 42.7 Å². The lowest BCUT2D eigenvalue weighted by Gasteiger charge is -2.09. The molecule has 108 valence electrons. The standard InChI is InChI=1S/C16H17N3O2/c1-11-7-8-17-9-14(11)10-18-16(21)19-15-5-3-13(4-6-15)12(2)20/h3-9H,10H2,1-2H3,(H2,18,19,21). The van der Waals surface area contributed by atoms with Crippen molar-refractivity contribution in [3.63, 3.8) is 0 Å². The summed E-state index contributed by atoms with van der Waals surface area (Å²) in [4.78, 5) is 27.0. The van der Waals surface area contributed by atoms with Crippen LogP contribution in [0.5, 0.6) is 0 Å². The Morgan fingerprint density at radius 3 is 2.48 bits per heavy atom. The Hall–Kier alpha value is -2.69. The van der Waals surface area contributed by atoms with Crippen molar-refractivity contribution < 1.29 is 9.59 Å². The van der Waals surface area contributed by atoms with Gasteiger partial charge in [-0.2, -0.15) is 0 Å². The highest BCUT2D eigenvalue weighted by Gasteiger charge is 2.04. The molecule has 0 spiro atoms. The summed E-state index contributed by atoms with van der Waals surface area (Å²) in [7, 11) is 0. The second-order valence-corrected chi connectivity index (χ2v) is 4.74. The molecule has 21 heavy (non-hydrogen) atoms. The van der Waals surface area contributed by atoms with Crippen molar-refractivity contribution in [1.29, 1.82) is 0 Å². The predicted octanol–water partition coefficient (Wildman–Crippen LogP) is 2.91. The van der Waals surface area contributed by atoms with E-state index in [9.17, 15) is 9.59 Å². The maximum atomic E-state index is 11.8. The first-order valence-corrected chi connectivity index (χ1v) is 6.61. The molecule has 0 bridgehead atoms. The number of anilines is 1. The monoisotopic (exact) mass is 283 g/mol. The van der Waals surface area contributed by atoms with E-state index >= 15 is 0 Å². The summed E-state index contributed by atoms with van der Waals surface area (Å²) < 4.78 is 0. The van der Waals surface area contributed by atoms with E-state index in [-0.39, 0.29) is 11.8 Å². The van der Waals surface area contributed by atoms with E-state index in [0.29, 0.717) is 17.8 Å². The van der Waals surface area contributed by atoms with Crippen LogP contribution in [0.25, 0.3) is 0 Å². The number of rotatable bonds is 4. The molecule has 2 aromatic rings. The third-order valence-electron chi connectivity index (χ3n) is 3.14. The summed E-state index contributed by atoms with van der Waals surface area (Å²) in [5.74, 6) is -0.00180. The van der Waals surface area contributed by atoms with Crippen LogP contribution in [0.3, 0.4) is 0 Å². The molecule has 5 nitrogen and oxygen atoms in total. The number of carbonyl (C=O) groups excluding carboxylic acids is 2. The molecule has 2 rings (SSSR count). The lowest BCUT2D eigenvalue weighted by Crippen LogP contribution is -2.28. The third kappa shape index (κ3) is 4.14. The molecule has 2 N–H and O–H groups in total. The van der Waals surface area contributed by atoms with E-state index < -0.39 is 0 Å². The molecule has 0 saturated heterocycles. The molecular formula is C16H17N3O2. The van der Waals surface area contributed by atoms with Gasteiger partial charge in [-0.1, -0.05) is 0 Å². The zero-order valence-electron chi connectivity index (χ0n) is 12.0. The number of nitrogens with zero attached hydrogens (tertiary/aromatic N) is 1. The van der Waals surface area contributed by atoms with Gasteiger partial charge >= 0.3 is 6.03 Å². The Kier molecular flexibility index (Phi) is 4.66. The van der Waals surface area contributed by atoms with Crippen molar-refractivity contribution in [1.82, 2.24) is 10.3 Å². The zero-order valence-corrected chi connectivity index (χ0v) is 12.0. The average Bonchev–Trinajstić information content (AvgIpc) is 2.47. The van der Waals surface area contributed by atoms with Crippen LogP contribution < -0.4 is 10.6 Å². The molecule has 0 aliphatic rings. The van der Waals surface area contributed by atoms with E-state index in [1.807, 2.05) is 13.0 Å². The lowest BCUT2D eigenvalue weighted by atomic mass is 10.1. The molecule has 0 fully saturated rings. The molecule has 1 aromatic carbocycles. The van der Waals surface area contributed by atoms with Crippen LogP contribution in [0, 0.1) is 6.92 Å². The summed E-state index contributed by atoms with van der Waals surface area (Å²) in [6.07, 6.45) is 3.45. The summed E-state index contributed by atoms with van der Waals surface area (Å²) in [6.45, 7) is 3.89. The minimum Gasteiger partial charge on any atom is -0.334 e. The molecule has 0 aliphatic heterocycles. The molecule has 0 atom stereocenters. The molecule has 0 unspecified atom stereocenters. The summed E-state index contributed by atoms with van der Waals surface area (Å²) in [6, 6.07) is 8.37. The fourth-order valence-corrected chi connectivity index (χ4v) is 1.82. The van der Waals surface area contributed by atoms with E-state index in [1.165, 1.54) is 6.92 Å². The first kappa shape index (κ1) is 14.7. The van der Waals surface area contributed by atoms with Crippen molar-refractivity contribution in [2.24, 2.45) is 0 Å². The number of benzene rings is 1. The van der Waals surface area contributed by atoms with Crippen molar-refractivity contribution in [2.75, 3.05) is 5.32 Å². The van der Waals surface area contributed by atoms with Gasteiger partial charge in [0.25, 0.3) is 0 Å². The number of hydrogen-bond donors (Lipinski definition) is 2. The van der Waals surface area contributed by atoms with Crippen molar-refractivity contribution in [3.05, 3.63) is 59.4 Å². The van der Waals surface area contributed by atoms with Gasteiger partial charge in [0, 0.05) is 30.2 Å². The smallest absolute Gasteiger partial charge is 0.319 e. The third-order valence-corrected chi connectivity index (χ3v) is 3.14. The molecule has 1 heterocycles. The second kappa shape index (κ2) is 6.65. The minimum atomic E-state index is -0.297. The number of ketones is 1. The Labute approximate surface area is 123 Å². The van der Waals surface area contributed by atoms with Crippen LogP contribution in [0.4, 0.5) is 10.5 Å². The van der Waals surface area contributed by atoms with Crippen molar-refractivity contribution >= 4 is 17.5 Å². The number of amides is 2. The Morgan fingerprint density at radius 2 is 1.86 bits per heavy atom. The van der Waals surface area contributed by atoms with E-state index in [2.05, 4.69) is 15.6 Å². The SMILES string of the molecule is CC(=O)c1ccc(NC(=O)NCc2cnccc2C)cc1. The number of urea groups is 1. The zero-order chi connectivity index (χ0) is 15.2. The number of carbonyl (C=O) groups is 2. The largest absolute Gasteiger partial charge is 0.334 e. The van der Waals surface area contributed by atoms with Crippen molar-refractivity contribution in [2.45, 2.75) is 20.4 Å². The fraction of sp³-hybridized carbons (Fsp3) is 0.188. The Balaban J connectivity index is 1.90. The Bertz CT molecular complexity index is 651. The van der Waals surface area contributed by atoms with Gasteiger partial charge in [0.05, 0.1) is 0 Å². The van der Waals surface area contributed by atoms with Gasteiger partial charge in [-0.3, -0.25) is 9.78 Å². The first-order valence-electron chi connectivity index (χ1n) is 6.61. The highest BCUT2D eigenvalue weighted by atomic mass is 16.2. The molecule has 0 saturated carbocycles. The fourth-order valence-electron chi connectivity index (χ4n) is 1.82. The van der Waals surface area contributed by atoms with E-state index in [0.717, 1.165) is 11.1 Å². The molecule has 0 aliphatic carbocycles. The van der Waals surface area contributed by atoms with Gasteiger partial charge in [-0.15, -0.1) is 0 Å². The molecule has 0 radical (unpaired) electrons. The number of aromatic nitrogens is 1. The number of pyridine rings is 1. The topological polar surface area (TPSA) is 71.1 Å². The highest BCUT2D eigenvalue weighted by Crippen LogP contribution is 2.10. The van der Waals surface area contributed by atoms with E-state index in [1.54, 1.807) is 36.7 Å². The van der Waals surface area contributed by atoms with Gasteiger partial charge in [0.2, 0.25) is 0 Å². The minimum absolute atomic E-state index is 0.00180. The lowest BCUT2D eigenvalue weighted by molar-refractivity contribution is 0.101. The van der Waals surface area contributed by atoms with Crippen LogP contribution >= 0.6 is 0 Å². The molecule has 2 amide bonds. The van der Waals surface area contributed by atoms with Crippen LogP contribution in [0.1, 0.15) is 28.4 Å². The Morgan fingerprint density at radius 1 is 1.14 bits per heavy atom. The van der Waals surface area contributed by atoms with E-state index in [4.69, 9.17) is 0 Å². The molecular weight excluding hydrogens is 266 g/mol. The highest BCUT2D eigenvalue weighted by molar-refractivity contribution is 5.95. The van der Waals surface area contributed by atoms with Gasteiger partial charge < -0.3 is 10.6 Å². The van der Waals surface area contributed by atoms with Gasteiger partial charge in [-0.25, -0.2) is 4.79 Å². The quantitative estimate of drug-likeness (QED) is 0.847. The van der Waals surface area contributed by atoms with Crippen LogP contribution in [-0.4, -0.2) is 16.8 Å². The van der Waals surface area contributed by atoms with Gasteiger partial charge in [0.15, 0.2) is 5.78 Å². The maximum Gasteiger partial charge on any atom is 0.319 e. The summed E-state index contributed by atoms with van der Waals surface area (Å²) >= 11 is 0. The number of Topliss-reactive ketones (excluding diaryl/α,β-unsaturated/α-hetero) is 1. The second-order valence-electron chi connectivity index (χ2n) is 4.74. The number of aryl methyl sites for hydroxylation is 1. The average molecular weight is 283 g/mol. The predicted molar refractivity (Wildman–Crippen MR) is 81.3 cm³/mol. The first-order chi connectivity index (χ1) is 10.1. The normalized spacial score (nSPS) is 10.0. The van der Waals surface area contributed by atoms with Crippen LogP contribution in [-0.2, 0) is 6.54 Å².